The van der Waals surface area contributed by atoms with Crippen LogP contribution in [0.2, 0.25) is 10.0 Å². The molecule has 1 saturated heterocycles. The number of nitrogens with zero attached hydrogens (tertiary/aromatic N) is 1. The van der Waals surface area contributed by atoms with Crippen molar-refractivity contribution in [1.29, 1.82) is 0 Å². The number of ketones is 1. The molecule has 6 nitrogen and oxygen atoms in total. The van der Waals surface area contributed by atoms with E-state index in [1.54, 1.807) is 48.5 Å². The molecule has 1 aliphatic heterocycles. The van der Waals surface area contributed by atoms with Crippen molar-refractivity contribution < 1.29 is 24.2 Å². The third kappa shape index (κ3) is 4.22. The highest BCUT2D eigenvalue weighted by Gasteiger charge is 2.47. The van der Waals surface area contributed by atoms with Crippen LogP contribution in [0.15, 0.2) is 72.3 Å². The Labute approximate surface area is 206 Å². The number of rotatable bonds is 6. The predicted octanol–water partition coefficient (Wildman–Crippen LogP) is 6.03. The highest BCUT2D eigenvalue weighted by Crippen LogP contribution is 2.45. The Bertz CT molecular complexity index is 1270. The smallest absolute Gasteiger partial charge is 0.300 e. The maximum Gasteiger partial charge on any atom is 0.300 e. The lowest BCUT2D eigenvalue weighted by atomic mass is 9.95. The SMILES string of the molecule is CCOc1ccc(N2C(=O)C(=O)/C(=C(/O)c3cc(Cl)cc(Cl)c3OC)C2c2ccccc2)cc1. The number of hydrogen-bond donors (Lipinski definition) is 1. The lowest BCUT2D eigenvalue weighted by Gasteiger charge is -2.25. The first kappa shape index (κ1) is 23.7. The molecule has 174 valence electrons. The zero-order valence-electron chi connectivity index (χ0n) is 18.4. The molecule has 8 heteroatoms. The molecular formula is C26H21Cl2NO5. The third-order valence-corrected chi connectivity index (χ3v) is 5.95. The molecule has 0 aliphatic carbocycles. The minimum absolute atomic E-state index is 0.0956. The van der Waals surface area contributed by atoms with E-state index < -0.39 is 23.5 Å². The molecule has 4 rings (SSSR count). The largest absolute Gasteiger partial charge is 0.507 e. The quantitative estimate of drug-likeness (QED) is 0.255. The van der Waals surface area contributed by atoms with E-state index in [0.717, 1.165) is 0 Å². The Morgan fingerprint density at radius 3 is 2.32 bits per heavy atom. The molecule has 34 heavy (non-hydrogen) atoms. The summed E-state index contributed by atoms with van der Waals surface area (Å²) in [5, 5.41) is 11.7. The summed E-state index contributed by atoms with van der Waals surface area (Å²) in [5.41, 5.74) is 1.14. The van der Waals surface area contributed by atoms with E-state index in [0.29, 0.717) is 23.6 Å². The molecule has 3 aromatic carbocycles. The van der Waals surface area contributed by atoms with Crippen LogP contribution in [0.4, 0.5) is 5.69 Å². The number of methoxy groups -OCH3 is 1. The Morgan fingerprint density at radius 1 is 1.03 bits per heavy atom. The Balaban J connectivity index is 1.94. The zero-order valence-corrected chi connectivity index (χ0v) is 19.9. The van der Waals surface area contributed by atoms with Crippen LogP contribution in [-0.2, 0) is 9.59 Å². The molecule has 0 bridgehead atoms. The number of Topliss-reactive ketones (excluding diaryl/α,β-unsaturated/α-hetero) is 1. The molecule has 1 heterocycles. The summed E-state index contributed by atoms with van der Waals surface area (Å²) >= 11 is 12.4. The van der Waals surface area contributed by atoms with Gasteiger partial charge in [-0.15, -0.1) is 0 Å². The van der Waals surface area contributed by atoms with Gasteiger partial charge < -0.3 is 14.6 Å². The van der Waals surface area contributed by atoms with E-state index in [4.69, 9.17) is 32.7 Å². The molecule has 3 aromatic rings. The van der Waals surface area contributed by atoms with Crippen LogP contribution in [-0.4, -0.2) is 30.5 Å². The maximum absolute atomic E-state index is 13.3. The summed E-state index contributed by atoms with van der Waals surface area (Å²) in [6, 6.07) is 17.8. The molecule has 1 aliphatic rings. The summed E-state index contributed by atoms with van der Waals surface area (Å²) in [5.74, 6) is -1.26. The van der Waals surface area contributed by atoms with Gasteiger partial charge in [-0.05, 0) is 48.9 Å². The molecular weight excluding hydrogens is 477 g/mol. The molecule has 1 N–H and O–H groups in total. The van der Waals surface area contributed by atoms with Crippen molar-refractivity contribution in [2.45, 2.75) is 13.0 Å². The molecule has 0 saturated carbocycles. The van der Waals surface area contributed by atoms with Gasteiger partial charge >= 0.3 is 0 Å². The second kappa shape index (κ2) is 9.79. The summed E-state index contributed by atoms with van der Waals surface area (Å²) in [6.45, 7) is 2.37. The highest BCUT2D eigenvalue weighted by molar-refractivity contribution is 6.51. The van der Waals surface area contributed by atoms with Gasteiger partial charge in [0.2, 0.25) is 0 Å². The van der Waals surface area contributed by atoms with Gasteiger partial charge in [-0.1, -0.05) is 53.5 Å². The Kier molecular flexibility index (Phi) is 6.82. The fraction of sp³-hybridized carbons (Fsp3) is 0.154. The van der Waals surface area contributed by atoms with Crippen LogP contribution in [0, 0.1) is 0 Å². The van der Waals surface area contributed by atoms with Crippen molar-refractivity contribution in [3.63, 3.8) is 0 Å². The first-order chi connectivity index (χ1) is 16.4. The summed E-state index contributed by atoms with van der Waals surface area (Å²) in [6.07, 6.45) is 0. The van der Waals surface area contributed by atoms with E-state index in [9.17, 15) is 14.7 Å². The summed E-state index contributed by atoms with van der Waals surface area (Å²) < 4.78 is 10.8. The number of halogens is 2. The summed E-state index contributed by atoms with van der Waals surface area (Å²) in [4.78, 5) is 27.9. The van der Waals surface area contributed by atoms with Crippen LogP contribution < -0.4 is 14.4 Å². The van der Waals surface area contributed by atoms with E-state index in [2.05, 4.69) is 0 Å². The van der Waals surface area contributed by atoms with Crippen molar-refractivity contribution in [2.75, 3.05) is 18.6 Å². The molecule has 0 aromatic heterocycles. The van der Waals surface area contributed by atoms with Crippen molar-refractivity contribution in [3.05, 3.63) is 93.5 Å². The second-order valence-electron chi connectivity index (χ2n) is 7.48. The standard InChI is InChI=1S/C26H21Cl2NO5/c1-3-34-18-11-9-17(10-12-18)29-22(15-7-5-4-6-8-15)21(24(31)26(29)32)23(30)19-13-16(27)14-20(28)25(19)33-2/h4-14,22,30H,3H2,1-2H3/b23-21+. The summed E-state index contributed by atoms with van der Waals surface area (Å²) in [7, 11) is 1.39. The van der Waals surface area contributed by atoms with Gasteiger partial charge in [0.25, 0.3) is 11.7 Å². The fourth-order valence-corrected chi connectivity index (χ4v) is 4.58. The molecule has 1 amide bonds. The van der Waals surface area contributed by atoms with Crippen LogP contribution in [0.5, 0.6) is 11.5 Å². The lowest BCUT2D eigenvalue weighted by molar-refractivity contribution is -0.132. The predicted molar refractivity (Wildman–Crippen MR) is 132 cm³/mol. The van der Waals surface area contributed by atoms with Gasteiger partial charge in [0.1, 0.15) is 17.3 Å². The number of carbonyl (C=O) groups is 2. The minimum Gasteiger partial charge on any atom is -0.507 e. The van der Waals surface area contributed by atoms with Gasteiger partial charge in [0.05, 0.1) is 35.9 Å². The topological polar surface area (TPSA) is 76.1 Å². The van der Waals surface area contributed by atoms with Crippen LogP contribution in [0.25, 0.3) is 5.76 Å². The van der Waals surface area contributed by atoms with Crippen molar-refractivity contribution in [3.8, 4) is 11.5 Å². The lowest BCUT2D eigenvalue weighted by Crippen LogP contribution is -2.29. The number of anilines is 1. The zero-order chi connectivity index (χ0) is 24.4. The average Bonchev–Trinajstić information content (AvgIpc) is 3.10. The van der Waals surface area contributed by atoms with Gasteiger partial charge in [-0.3, -0.25) is 14.5 Å². The number of aliphatic hydroxyl groups excluding tert-OH is 1. The molecule has 0 radical (unpaired) electrons. The van der Waals surface area contributed by atoms with E-state index in [1.807, 2.05) is 13.0 Å². The monoisotopic (exact) mass is 497 g/mol. The number of hydrogen-bond acceptors (Lipinski definition) is 5. The number of carbonyl (C=O) groups excluding carboxylic acids is 2. The van der Waals surface area contributed by atoms with E-state index >= 15 is 0 Å². The van der Waals surface area contributed by atoms with Crippen molar-refractivity contribution >= 4 is 46.3 Å². The normalized spacial score (nSPS) is 17.2. The number of benzene rings is 3. The van der Waals surface area contributed by atoms with Crippen LogP contribution in [0.1, 0.15) is 24.1 Å². The van der Waals surface area contributed by atoms with Crippen LogP contribution >= 0.6 is 23.2 Å². The Hall–Kier alpha value is -3.48. The second-order valence-corrected chi connectivity index (χ2v) is 8.32. The van der Waals surface area contributed by atoms with Crippen LogP contribution in [0.3, 0.4) is 0 Å². The van der Waals surface area contributed by atoms with Crippen molar-refractivity contribution in [1.82, 2.24) is 0 Å². The minimum atomic E-state index is -0.887. The molecule has 1 atom stereocenters. The van der Waals surface area contributed by atoms with Gasteiger partial charge in [-0.25, -0.2) is 0 Å². The van der Waals surface area contributed by atoms with E-state index in [1.165, 1.54) is 24.1 Å². The van der Waals surface area contributed by atoms with E-state index in [-0.39, 0.29) is 26.9 Å². The van der Waals surface area contributed by atoms with Crippen molar-refractivity contribution in [2.24, 2.45) is 0 Å². The highest BCUT2D eigenvalue weighted by atomic mass is 35.5. The fourth-order valence-electron chi connectivity index (χ4n) is 4.01. The van der Waals surface area contributed by atoms with Gasteiger partial charge in [0, 0.05) is 10.7 Å². The number of aliphatic hydroxyl groups is 1. The third-order valence-electron chi connectivity index (χ3n) is 5.45. The number of amides is 1. The molecule has 1 unspecified atom stereocenters. The molecule has 1 fully saturated rings. The molecule has 0 spiro atoms. The van der Waals surface area contributed by atoms with Gasteiger partial charge in [0.15, 0.2) is 0 Å². The number of ether oxygens (including phenoxy) is 2. The van der Waals surface area contributed by atoms with Gasteiger partial charge in [-0.2, -0.15) is 0 Å². The first-order valence-corrected chi connectivity index (χ1v) is 11.2. The average molecular weight is 498 g/mol. The first-order valence-electron chi connectivity index (χ1n) is 10.5. The maximum atomic E-state index is 13.3. The Morgan fingerprint density at radius 2 is 1.71 bits per heavy atom.